The van der Waals surface area contributed by atoms with Crippen LogP contribution in [0.5, 0.6) is 5.75 Å². The van der Waals surface area contributed by atoms with Gasteiger partial charge in [-0.15, -0.1) is 11.3 Å². The molecule has 0 aliphatic rings. The molecule has 1 aromatic heterocycles. The van der Waals surface area contributed by atoms with Crippen LogP contribution in [0.1, 0.15) is 16.0 Å². The van der Waals surface area contributed by atoms with Crippen molar-refractivity contribution in [2.45, 2.75) is 20.5 Å². The largest absolute Gasteiger partial charge is 0.488 e. The Morgan fingerprint density at radius 1 is 1.24 bits per heavy atom. The summed E-state index contributed by atoms with van der Waals surface area (Å²) in [6.45, 7) is 4.63. The van der Waals surface area contributed by atoms with Crippen molar-refractivity contribution < 1.29 is 4.74 Å². The van der Waals surface area contributed by atoms with E-state index in [1.165, 1.54) is 4.88 Å². The molecule has 0 saturated carbocycles. The van der Waals surface area contributed by atoms with Crippen molar-refractivity contribution in [3.8, 4) is 5.75 Å². The number of anilines is 1. The molecule has 0 bridgehead atoms. The first-order valence-electron chi connectivity index (χ1n) is 5.30. The summed E-state index contributed by atoms with van der Waals surface area (Å²) in [4.78, 5) is 1.20. The first-order valence-corrected chi connectivity index (χ1v) is 6.91. The van der Waals surface area contributed by atoms with Crippen molar-refractivity contribution in [1.82, 2.24) is 0 Å². The molecule has 0 atom stereocenters. The highest BCUT2D eigenvalue weighted by molar-refractivity contribution is 9.11. The van der Waals surface area contributed by atoms with Gasteiger partial charge in [0.15, 0.2) is 0 Å². The fourth-order valence-electron chi connectivity index (χ4n) is 1.78. The summed E-state index contributed by atoms with van der Waals surface area (Å²) in [6.07, 6.45) is 0. The van der Waals surface area contributed by atoms with Crippen molar-refractivity contribution in [3.05, 3.63) is 44.1 Å². The van der Waals surface area contributed by atoms with E-state index in [4.69, 9.17) is 10.5 Å². The van der Waals surface area contributed by atoms with Gasteiger partial charge in [0.05, 0.1) is 3.79 Å². The molecule has 0 aliphatic carbocycles. The van der Waals surface area contributed by atoms with Gasteiger partial charge in [-0.25, -0.2) is 0 Å². The number of benzene rings is 1. The predicted octanol–water partition coefficient (Wildman–Crippen LogP) is 4.29. The highest BCUT2D eigenvalue weighted by Crippen LogP contribution is 2.28. The predicted molar refractivity (Wildman–Crippen MR) is 76.7 cm³/mol. The lowest BCUT2D eigenvalue weighted by Crippen LogP contribution is -1.98. The summed E-state index contributed by atoms with van der Waals surface area (Å²) in [5, 5.41) is 0. The van der Waals surface area contributed by atoms with E-state index in [1.54, 1.807) is 11.3 Å². The van der Waals surface area contributed by atoms with Crippen LogP contribution in [0.4, 0.5) is 5.69 Å². The zero-order valence-corrected chi connectivity index (χ0v) is 12.2. The maximum atomic E-state index is 5.86. The Bertz CT molecular complexity index is 513. The zero-order chi connectivity index (χ0) is 12.4. The SMILES string of the molecule is Cc1cc(N)cc(C)c1OCc1ccc(Br)s1. The molecule has 90 valence electrons. The Kier molecular flexibility index (Phi) is 3.74. The second-order valence-corrected chi connectivity index (χ2v) is 6.53. The third-order valence-electron chi connectivity index (χ3n) is 2.47. The average Bonchev–Trinajstić information content (AvgIpc) is 2.62. The highest BCUT2D eigenvalue weighted by Gasteiger charge is 2.06. The Hall–Kier alpha value is -1.000. The molecule has 1 aromatic carbocycles. The van der Waals surface area contributed by atoms with Gasteiger partial charge in [-0.05, 0) is 65.2 Å². The van der Waals surface area contributed by atoms with E-state index in [0.717, 1.165) is 26.4 Å². The van der Waals surface area contributed by atoms with Gasteiger partial charge in [-0.2, -0.15) is 0 Å². The Balaban J connectivity index is 2.14. The van der Waals surface area contributed by atoms with Crippen molar-refractivity contribution in [2.75, 3.05) is 5.73 Å². The van der Waals surface area contributed by atoms with E-state index in [0.29, 0.717) is 6.61 Å². The van der Waals surface area contributed by atoms with Crippen LogP contribution in [0.25, 0.3) is 0 Å². The van der Waals surface area contributed by atoms with Gasteiger partial charge >= 0.3 is 0 Å². The average molecular weight is 312 g/mol. The quantitative estimate of drug-likeness (QED) is 0.858. The molecular weight excluding hydrogens is 298 g/mol. The minimum Gasteiger partial charge on any atom is -0.488 e. The van der Waals surface area contributed by atoms with Crippen LogP contribution in [-0.4, -0.2) is 0 Å². The van der Waals surface area contributed by atoms with Crippen molar-refractivity contribution in [1.29, 1.82) is 0 Å². The molecule has 17 heavy (non-hydrogen) atoms. The van der Waals surface area contributed by atoms with E-state index in [9.17, 15) is 0 Å². The molecular formula is C13H14BrNOS. The van der Waals surface area contributed by atoms with Crippen LogP contribution in [0.15, 0.2) is 28.1 Å². The summed E-state index contributed by atoms with van der Waals surface area (Å²) in [5.41, 5.74) is 8.73. The molecule has 0 spiro atoms. The lowest BCUT2D eigenvalue weighted by atomic mass is 10.1. The van der Waals surface area contributed by atoms with Gasteiger partial charge in [0, 0.05) is 10.6 Å². The maximum absolute atomic E-state index is 5.86. The molecule has 0 aliphatic heterocycles. The van der Waals surface area contributed by atoms with Crippen LogP contribution in [0.3, 0.4) is 0 Å². The number of rotatable bonds is 3. The fourth-order valence-corrected chi connectivity index (χ4v) is 3.18. The van der Waals surface area contributed by atoms with Crippen LogP contribution < -0.4 is 10.5 Å². The number of ether oxygens (including phenoxy) is 1. The zero-order valence-electron chi connectivity index (χ0n) is 9.79. The number of nitrogen functional groups attached to an aromatic ring is 1. The Morgan fingerprint density at radius 3 is 2.41 bits per heavy atom. The number of aryl methyl sites for hydroxylation is 2. The van der Waals surface area contributed by atoms with E-state index in [-0.39, 0.29) is 0 Å². The number of hydrogen-bond acceptors (Lipinski definition) is 3. The molecule has 4 heteroatoms. The molecule has 0 amide bonds. The molecule has 1 heterocycles. The second kappa shape index (κ2) is 5.10. The van der Waals surface area contributed by atoms with Crippen LogP contribution in [-0.2, 0) is 6.61 Å². The summed E-state index contributed by atoms with van der Waals surface area (Å²) in [6, 6.07) is 7.97. The first-order chi connectivity index (χ1) is 8.06. The molecule has 0 unspecified atom stereocenters. The van der Waals surface area contributed by atoms with Gasteiger partial charge in [-0.1, -0.05) is 0 Å². The molecule has 2 nitrogen and oxygen atoms in total. The Labute approximate surface area is 114 Å². The maximum Gasteiger partial charge on any atom is 0.125 e. The van der Waals surface area contributed by atoms with Crippen LogP contribution >= 0.6 is 27.3 Å². The molecule has 0 fully saturated rings. The molecule has 2 rings (SSSR count). The Morgan fingerprint density at radius 2 is 1.88 bits per heavy atom. The molecule has 0 radical (unpaired) electrons. The monoisotopic (exact) mass is 311 g/mol. The van der Waals surface area contributed by atoms with Gasteiger partial charge in [0.1, 0.15) is 12.4 Å². The second-order valence-electron chi connectivity index (χ2n) is 3.98. The fraction of sp³-hybridized carbons (Fsp3) is 0.231. The number of hydrogen-bond donors (Lipinski definition) is 1. The first kappa shape index (κ1) is 12.5. The smallest absolute Gasteiger partial charge is 0.125 e. The number of halogens is 1. The van der Waals surface area contributed by atoms with Gasteiger partial charge in [-0.3, -0.25) is 0 Å². The summed E-state index contributed by atoms with van der Waals surface area (Å²) >= 11 is 5.13. The van der Waals surface area contributed by atoms with Crippen LogP contribution in [0, 0.1) is 13.8 Å². The lowest BCUT2D eigenvalue weighted by molar-refractivity contribution is 0.305. The van der Waals surface area contributed by atoms with Crippen molar-refractivity contribution in [3.63, 3.8) is 0 Å². The molecule has 0 saturated heterocycles. The van der Waals surface area contributed by atoms with E-state index in [1.807, 2.05) is 32.0 Å². The third kappa shape index (κ3) is 3.01. The normalized spacial score (nSPS) is 10.5. The van der Waals surface area contributed by atoms with Crippen molar-refractivity contribution >= 4 is 33.0 Å². The van der Waals surface area contributed by atoms with Gasteiger partial charge < -0.3 is 10.5 Å². The highest BCUT2D eigenvalue weighted by atomic mass is 79.9. The van der Waals surface area contributed by atoms with Gasteiger partial charge in [0.2, 0.25) is 0 Å². The van der Waals surface area contributed by atoms with E-state index < -0.39 is 0 Å². The molecule has 2 N–H and O–H groups in total. The summed E-state index contributed by atoms with van der Waals surface area (Å²) < 4.78 is 6.98. The standard InChI is InChI=1S/C13H14BrNOS/c1-8-5-10(15)6-9(2)13(8)16-7-11-3-4-12(14)17-11/h3-6H,7,15H2,1-2H3. The van der Waals surface area contributed by atoms with Gasteiger partial charge in [0.25, 0.3) is 0 Å². The minimum absolute atomic E-state index is 0.599. The van der Waals surface area contributed by atoms with Crippen molar-refractivity contribution in [2.24, 2.45) is 0 Å². The summed E-state index contributed by atoms with van der Waals surface area (Å²) in [5.74, 6) is 0.934. The lowest BCUT2D eigenvalue weighted by Gasteiger charge is -2.12. The summed E-state index contributed by atoms with van der Waals surface area (Å²) in [7, 11) is 0. The van der Waals surface area contributed by atoms with E-state index in [2.05, 4.69) is 22.0 Å². The van der Waals surface area contributed by atoms with E-state index >= 15 is 0 Å². The van der Waals surface area contributed by atoms with Crippen LogP contribution in [0.2, 0.25) is 0 Å². The third-order valence-corrected chi connectivity index (χ3v) is 4.07. The number of nitrogens with two attached hydrogens (primary N) is 1. The minimum atomic E-state index is 0.599. The number of thiophene rings is 1. The topological polar surface area (TPSA) is 35.2 Å². The molecule has 2 aromatic rings.